The third kappa shape index (κ3) is 4.59. The first-order valence-corrected chi connectivity index (χ1v) is 9.91. The number of carbonyl (C=O) groups excluding carboxylic acids is 2. The molecule has 0 bridgehead atoms. The average Bonchev–Trinajstić information content (AvgIpc) is 2.65. The van der Waals surface area contributed by atoms with Gasteiger partial charge in [-0.25, -0.2) is 9.79 Å². The number of esters is 1. The molecule has 3 rings (SSSR count). The molecule has 7 nitrogen and oxygen atoms in total. The molecule has 0 aliphatic carbocycles. The molecule has 152 valence electrons. The monoisotopic (exact) mass is 386 g/mol. The molecule has 2 aliphatic heterocycles. The van der Waals surface area contributed by atoms with Crippen LogP contribution in [0.15, 0.2) is 23.2 Å². The van der Waals surface area contributed by atoms with Gasteiger partial charge in [0.15, 0.2) is 0 Å². The standard InChI is InChI=1S/C21H30N4O3/c1-5-28-20(26)18-17(13-25-10-8-24(4)9-11-25)22-21(27)23-19(18)16-12-14(2)6-7-15(16)3/h6-7,12,18-19H,5,8-11,13H2,1-4H3,(H,23,27). The SMILES string of the molecule is CCOC(=O)C1C(CN2CCN(C)CC2)=NC(=O)NC1c1cc(C)ccc1C. The van der Waals surface area contributed by atoms with E-state index in [0.29, 0.717) is 18.9 Å². The highest BCUT2D eigenvalue weighted by Crippen LogP contribution is 2.31. The van der Waals surface area contributed by atoms with Gasteiger partial charge in [0.2, 0.25) is 0 Å². The van der Waals surface area contributed by atoms with Crippen LogP contribution in [-0.4, -0.2) is 73.9 Å². The number of piperazine rings is 1. The second-order valence-electron chi connectivity index (χ2n) is 7.70. The van der Waals surface area contributed by atoms with Crippen LogP contribution in [0.1, 0.15) is 29.7 Å². The van der Waals surface area contributed by atoms with Gasteiger partial charge in [-0.15, -0.1) is 0 Å². The van der Waals surface area contributed by atoms with Crippen LogP contribution in [0.4, 0.5) is 4.79 Å². The minimum atomic E-state index is -0.613. The van der Waals surface area contributed by atoms with Gasteiger partial charge in [0.1, 0.15) is 5.92 Å². The van der Waals surface area contributed by atoms with Crippen molar-refractivity contribution in [2.75, 3.05) is 46.4 Å². The van der Waals surface area contributed by atoms with Crippen molar-refractivity contribution in [2.45, 2.75) is 26.8 Å². The number of nitrogens with one attached hydrogen (secondary N) is 1. The Morgan fingerprint density at radius 3 is 2.64 bits per heavy atom. The fourth-order valence-corrected chi connectivity index (χ4v) is 3.87. The van der Waals surface area contributed by atoms with E-state index in [1.165, 1.54) is 0 Å². The highest BCUT2D eigenvalue weighted by atomic mass is 16.5. The number of amides is 2. The molecule has 0 spiro atoms. The predicted molar refractivity (Wildman–Crippen MR) is 109 cm³/mol. The van der Waals surface area contributed by atoms with E-state index in [1.807, 2.05) is 32.0 Å². The summed E-state index contributed by atoms with van der Waals surface area (Å²) in [5, 5.41) is 2.91. The Morgan fingerprint density at radius 1 is 1.25 bits per heavy atom. The third-order valence-corrected chi connectivity index (χ3v) is 5.51. The average molecular weight is 386 g/mol. The largest absolute Gasteiger partial charge is 0.465 e. The van der Waals surface area contributed by atoms with Crippen molar-refractivity contribution in [2.24, 2.45) is 10.9 Å². The number of hydrogen-bond acceptors (Lipinski definition) is 5. The number of aryl methyl sites for hydroxylation is 2. The normalized spacial score (nSPS) is 23.9. The van der Waals surface area contributed by atoms with E-state index >= 15 is 0 Å². The van der Waals surface area contributed by atoms with Crippen molar-refractivity contribution < 1.29 is 14.3 Å². The van der Waals surface area contributed by atoms with Crippen LogP contribution >= 0.6 is 0 Å². The van der Waals surface area contributed by atoms with Crippen molar-refractivity contribution in [3.8, 4) is 0 Å². The van der Waals surface area contributed by atoms with Gasteiger partial charge in [-0.3, -0.25) is 9.69 Å². The van der Waals surface area contributed by atoms with Gasteiger partial charge in [0.05, 0.1) is 18.4 Å². The molecule has 2 amide bonds. The first kappa shape index (κ1) is 20.5. The molecule has 1 fully saturated rings. The van der Waals surface area contributed by atoms with Crippen LogP contribution in [0.5, 0.6) is 0 Å². The molecule has 7 heteroatoms. The van der Waals surface area contributed by atoms with Gasteiger partial charge in [-0.1, -0.05) is 23.8 Å². The number of likely N-dealkylation sites (N-methyl/N-ethyl adjacent to an activating group) is 1. The fraction of sp³-hybridized carbons (Fsp3) is 0.571. The molecular weight excluding hydrogens is 356 g/mol. The maximum Gasteiger partial charge on any atom is 0.341 e. The van der Waals surface area contributed by atoms with E-state index in [-0.39, 0.29) is 5.97 Å². The molecule has 1 N–H and O–H groups in total. The smallest absolute Gasteiger partial charge is 0.341 e. The molecule has 0 radical (unpaired) electrons. The quantitative estimate of drug-likeness (QED) is 0.783. The summed E-state index contributed by atoms with van der Waals surface area (Å²) < 4.78 is 5.38. The second-order valence-corrected chi connectivity index (χ2v) is 7.70. The van der Waals surface area contributed by atoms with Crippen LogP contribution in [-0.2, 0) is 9.53 Å². The topological polar surface area (TPSA) is 74.2 Å². The molecule has 2 unspecified atom stereocenters. The lowest BCUT2D eigenvalue weighted by Gasteiger charge is -2.36. The van der Waals surface area contributed by atoms with Crippen LogP contribution in [0.3, 0.4) is 0 Å². The molecule has 28 heavy (non-hydrogen) atoms. The van der Waals surface area contributed by atoms with Gasteiger partial charge in [-0.2, -0.15) is 0 Å². The lowest BCUT2D eigenvalue weighted by Crippen LogP contribution is -2.52. The third-order valence-electron chi connectivity index (χ3n) is 5.51. The van der Waals surface area contributed by atoms with Crippen molar-refractivity contribution in [1.82, 2.24) is 15.1 Å². The molecule has 0 aromatic heterocycles. The number of hydrogen-bond donors (Lipinski definition) is 1. The second kappa shape index (κ2) is 8.84. The van der Waals surface area contributed by atoms with E-state index in [0.717, 1.165) is 42.9 Å². The highest BCUT2D eigenvalue weighted by Gasteiger charge is 2.41. The first-order chi connectivity index (χ1) is 13.4. The van der Waals surface area contributed by atoms with Crippen molar-refractivity contribution in [3.05, 3.63) is 34.9 Å². The number of aliphatic imine (C=N–C) groups is 1. The van der Waals surface area contributed by atoms with Gasteiger partial charge >= 0.3 is 12.0 Å². The first-order valence-electron chi connectivity index (χ1n) is 9.91. The lowest BCUT2D eigenvalue weighted by molar-refractivity contribution is -0.146. The Labute approximate surface area is 166 Å². The molecule has 1 aromatic rings. The van der Waals surface area contributed by atoms with Crippen LogP contribution in [0, 0.1) is 19.8 Å². The van der Waals surface area contributed by atoms with E-state index < -0.39 is 18.0 Å². The summed E-state index contributed by atoms with van der Waals surface area (Å²) in [4.78, 5) is 34.0. The number of ether oxygens (including phenoxy) is 1. The van der Waals surface area contributed by atoms with Crippen molar-refractivity contribution in [1.29, 1.82) is 0 Å². The molecular formula is C21H30N4O3. The van der Waals surface area contributed by atoms with Gasteiger partial charge in [0.25, 0.3) is 0 Å². The maximum atomic E-state index is 12.9. The molecule has 1 aromatic carbocycles. The minimum Gasteiger partial charge on any atom is -0.465 e. The summed E-state index contributed by atoms with van der Waals surface area (Å²) in [7, 11) is 2.10. The lowest BCUT2D eigenvalue weighted by atomic mass is 9.84. The number of benzene rings is 1. The molecule has 2 atom stereocenters. The Bertz CT molecular complexity index is 769. The summed E-state index contributed by atoms with van der Waals surface area (Å²) >= 11 is 0. The number of nitrogens with zero attached hydrogens (tertiary/aromatic N) is 3. The number of urea groups is 1. The van der Waals surface area contributed by atoms with Crippen molar-refractivity contribution >= 4 is 17.7 Å². The van der Waals surface area contributed by atoms with Crippen LogP contribution < -0.4 is 5.32 Å². The fourth-order valence-electron chi connectivity index (χ4n) is 3.87. The Morgan fingerprint density at radius 2 is 1.96 bits per heavy atom. The summed E-state index contributed by atoms with van der Waals surface area (Å²) in [5.41, 5.74) is 3.65. The zero-order valence-corrected chi connectivity index (χ0v) is 17.2. The zero-order valence-electron chi connectivity index (χ0n) is 17.2. The van der Waals surface area contributed by atoms with E-state index in [1.54, 1.807) is 6.92 Å². The summed E-state index contributed by atoms with van der Waals surface area (Å²) in [6.07, 6.45) is 0. The Balaban J connectivity index is 1.93. The minimum absolute atomic E-state index is 0.296. The van der Waals surface area contributed by atoms with E-state index in [4.69, 9.17) is 4.74 Å². The molecule has 2 heterocycles. The Kier molecular flexibility index (Phi) is 6.46. The molecule has 2 aliphatic rings. The zero-order chi connectivity index (χ0) is 20.3. The molecule has 0 saturated carbocycles. The maximum absolute atomic E-state index is 12.9. The van der Waals surface area contributed by atoms with E-state index in [2.05, 4.69) is 27.2 Å². The van der Waals surface area contributed by atoms with Crippen LogP contribution in [0.2, 0.25) is 0 Å². The van der Waals surface area contributed by atoms with Gasteiger partial charge < -0.3 is 15.0 Å². The number of carbonyl (C=O) groups is 2. The predicted octanol–water partition coefficient (Wildman–Crippen LogP) is 1.94. The summed E-state index contributed by atoms with van der Waals surface area (Å²) in [6.45, 7) is 10.3. The summed E-state index contributed by atoms with van der Waals surface area (Å²) in [5.74, 6) is -0.945. The van der Waals surface area contributed by atoms with Gasteiger partial charge in [0, 0.05) is 32.7 Å². The van der Waals surface area contributed by atoms with Crippen LogP contribution in [0.25, 0.3) is 0 Å². The highest BCUT2D eigenvalue weighted by molar-refractivity contribution is 6.10. The molecule has 1 saturated heterocycles. The van der Waals surface area contributed by atoms with E-state index in [9.17, 15) is 9.59 Å². The summed E-state index contributed by atoms with van der Waals surface area (Å²) in [6, 6.07) is 5.22. The van der Waals surface area contributed by atoms with Crippen molar-refractivity contribution in [3.63, 3.8) is 0 Å². The number of rotatable bonds is 5. The Hall–Kier alpha value is -2.25. The van der Waals surface area contributed by atoms with Gasteiger partial charge in [-0.05, 0) is 38.9 Å².